The Hall–Kier alpha value is -3.84. The highest BCUT2D eigenvalue weighted by Crippen LogP contribution is 2.26. The predicted molar refractivity (Wildman–Crippen MR) is 139 cm³/mol. The van der Waals surface area contributed by atoms with Gasteiger partial charge in [0.25, 0.3) is 11.5 Å². The molecule has 1 amide bonds. The number of fused-ring (bicyclic) bond motifs is 1. The summed E-state index contributed by atoms with van der Waals surface area (Å²) in [5.41, 5.74) is 3.10. The van der Waals surface area contributed by atoms with Gasteiger partial charge in [-0.05, 0) is 74.7 Å². The number of aryl methyl sites for hydroxylation is 2. The van der Waals surface area contributed by atoms with E-state index >= 15 is 0 Å². The molecule has 0 aliphatic carbocycles. The average Bonchev–Trinajstić information content (AvgIpc) is 2.88. The van der Waals surface area contributed by atoms with Crippen LogP contribution in [-0.4, -0.2) is 40.6 Å². The van der Waals surface area contributed by atoms with Crippen molar-refractivity contribution in [1.82, 2.24) is 14.5 Å². The minimum absolute atomic E-state index is 0.0253. The van der Waals surface area contributed by atoms with Gasteiger partial charge >= 0.3 is 0 Å². The number of benzene rings is 3. The Labute approximate surface area is 210 Å². The highest BCUT2D eigenvalue weighted by atomic mass is 19.1. The predicted octanol–water partition coefficient (Wildman–Crippen LogP) is 5.38. The molecule has 0 N–H and O–H groups in total. The number of halogens is 1. The fraction of sp³-hybridized carbons (Fsp3) is 0.276. The first-order valence-electron chi connectivity index (χ1n) is 12.0. The third-order valence-corrected chi connectivity index (χ3v) is 6.50. The molecule has 0 aliphatic heterocycles. The van der Waals surface area contributed by atoms with Crippen molar-refractivity contribution < 1.29 is 13.9 Å². The van der Waals surface area contributed by atoms with Crippen LogP contribution < -0.4 is 5.56 Å². The normalized spacial score (nSPS) is 12.0. The Morgan fingerprint density at radius 2 is 1.78 bits per heavy atom. The third-order valence-electron chi connectivity index (χ3n) is 6.50. The zero-order valence-electron chi connectivity index (χ0n) is 21.0. The number of aromatic nitrogens is 2. The molecule has 0 saturated carbocycles. The topological polar surface area (TPSA) is 64.4 Å². The maximum absolute atomic E-state index is 14.6. The molecule has 4 aromatic rings. The van der Waals surface area contributed by atoms with Gasteiger partial charge in [0.15, 0.2) is 0 Å². The first-order valence-corrected chi connectivity index (χ1v) is 12.0. The van der Waals surface area contributed by atoms with Crippen LogP contribution >= 0.6 is 0 Å². The van der Waals surface area contributed by atoms with Gasteiger partial charge in [0, 0.05) is 20.3 Å². The molecule has 1 unspecified atom stereocenters. The van der Waals surface area contributed by atoms with E-state index in [1.165, 1.54) is 12.1 Å². The van der Waals surface area contributed by atoms with Gasteiger partial charge in [0.1, 0.15) is 11.6 Å². The molecule has 186 valence electrons. The lowest BCUT2D eigenvalue weighted by atomic mass is 10.1. The van der Waals surface area contributed by atoms with E-state index in [0.717, 1.165) is 11.1 Å². The number of hydrogen-bond acceptors (Lipinski definition) is 4. The fourth-order valence-electron chi connectivity index (χ4n) is 4.32. The maximum atomic E-state index is 14.6. The molecule has 0 saturated heterocycles. The number of hydrogen-bond donors (Lipinski definition) is 0. The van der Waals surface area contributed by atoms with Crippen molar-refractivity contribution >= 4 is 16.8 Å². The summed E-state index contributed by atoms with van der Waals surface area (Å²) in [5.74, 6) is -0.653. The van der Waals surface area contributed by atoms with Gasteiger partial charge in [-0.25, -0.2) is 9.37 Å². The van der Waals surface area contributed by atoms with Crippen LogP contribution in [0.3, 0.4) is 0 Å². The van der Waals surface area contributed by atoms with E-state index in [1.807, 2.05) is 45.0 Å². The van der Waals surface area contributed by atoms with E-state index in [0.29, 0.717) is 42.0 Å². The second-order valence-corrected chi connectivity index (χ2v) is 8.90. The van der Waals surface area contributed by atoms with Gasteiger partial charge in [0.05, 0.1) is 28.2 Å². The van der Waals surface area contributed by atoms with Crippen molar-refractivity contribution in [3.8, 4) is 5.69 Å². The molecule has 1 heterocycles. The first kappa shape index (κ1) is 25.3. The van der Waals surface area contributed by atoms with Gasteiger partial charge in [-0.3, -0.25) is 14.2 Å². The van der Waals surface area contributed by atoms with E-state index in [-0.39, 0.29) is 11.1 Å². The zero-order valence-corrected chi connectivity index (χ0v) is 21.0. The van der Waals surface area contributed by atoms with Gasteiger partial charge in [-0.1, -0.05) is 30.3 Å². The Balaban J connectivity index is 1.91. The van der Waals surface area contributed by atoms with Crippen molar-refractivity contribution in [2.75, 3.05) is 20.3 Å². The van der Waals surface area contributed by atoms with E-state index in [1.54, 1.807) is 46.9 Å². The number of ether oxygens (including phenoxy) is 1. The summed E-state index contributed by atoms with van der Waals surface area (Å²) in [6.07, 6.45) is 0.544. The van der Waals surface area contributed by atoms with Crippen LogP contribution in [0.2, 0.25) is 0 Å². The Kier molecular flexibility index (Phi) is 7.60. The van der Waals surface area contributed by atoms with E-state index in [2.05, 4.69) is 0 Å². The number of methoxy groups -OCH3 is 1. The summed E-state index contributed by atoms with van der Waals surface area (Å²) in [7, 11) is 1.59. The van der Waals surface area contributed by atoms with Crippen LogP contribution in [0, 0.1) is 19.7 Å². The highest BCUT2D eigenvalue weighted by molar-refractivity contribution is 5.94. The summed E-state index contributed by atoms with van der Waals surface area (Å²) < 4.78 is 21.4. The molecule has 0 aliphatic rings. The third kappa shape index (κ3) is 4.93. The van der Waals surface area contributed by atoms with E-state index in [9.17, 15) is 14.0 Å². The SMILES string of the molecule is COCCCN(C(=O)c1ccccc1F)C(C)c1nc2ccccc2c(=O)n1-c1ccc(C)c(C)c1. The van der Waals surface area contributed by atoms with Gasteiger partial charge in [-0.15, -0.1) is 0 Å². The lowest BCUT2D eigenvalue weighted by Gasteiger charge is -2.31. The molecule has 0 radical (unpaired) electrons. The zero-order chi connectivity index (χ0) is 25.8. The molecule has 0 bridgehead atoms. The van der Waals surface area contributed by atoms with Crippen LogP contribution in [-0.2, 0) is 4.74 Å². The summed E-state index contributed by atoms with van der Waals surface area (Å²) in [6, 6.07) is 18.2. The van der Waals surface area contributed by atoms with Gasteiger partial charge < -0.3 is 9.64 Å². The standard InChI is InChI=1S/C29H30FN3O3/c1-19-14-15-22(18-20(19)2)33-27(31-26-13-8-6-11-24(26)29(33)35)21(3)32(16-9-17-36-4)28(34)23-10-5-7-12-25(23)30/h5-8,10-15,18,21H,9,16-17H2,1-4H3. The molecular formula is C29H30FN3O3. The molecule has 0 fully saturated rings. The maximum Gasteiger partial charge on any atom is 0.266 e. The smallest absolute Gasteiger partial charge is 0.266 e. The van der Waals surface area contributed by atoms with Crippen LogP contribution in [0.4, 0.5) is 4.39 Å². The minimum Gasteiger partial charge on any atom is -0.385 e. The number of carbonyl (C=O) groups excluding carboxylic acids is 1. The largest absolute Gasteiger partial charge is 0.385 e. The summed E-state index contributed by atoms with van der Waals surface area (Å²) >= 11 is 0. The Morgan fingerprint density at radius 3 is 2.50 bits per heavy atom. The summed E-state index contributed by atoms with van der Waals surface area (Å²) in [5, 5.41) is 0.484. The molecule has 3 aromatic carbocycles. The van der Waals surface area contributed by atoms with Crippen LogP contribution in [0.1, 0.15) is 46.7 Å². The number of amides is 1. The van der Waals surface area contributed by atoms with Crippen molar-refractivity contribution in [2.24, 2.45) is 0 Å². The highest BCUT2D eigenvalue weighted by Gasteiger charge is 2.28. The van der Waals surface area contributed by atoms with Gasteiger partial charge in [-0.2, -0.15) is 0 Å². The monoisotopic (exact) mass is 487 g/mol. The quantitative estimate of drug-likeness (QED) is 0.313. The molecule has 1 aromatic heterocycles. The summed E-state index contributed by atoms with van der Waals surface area (Å²) in [6.45, 7) is 6.55. The van der Waals surface area contributed by atoms with Crippen molar-refractivity contribution in [3.63, 3.8) is 0 Å². The number of para-hydroxylation sites is 1. The summed E-state index contributed by atoms with van der Waals surface area (Å²) in [4.78, 5) is 33.8. The molecule has 36 heavy (non-hydrogen) atoms. The lowest BCUT2D eigenvalue weighted by Crippen LogP contribution is -2.38. The lowest BCUT2D eigenvalue weighted by molar-refractivity contribution is 0.0653. The van der Waals surface area contributed by atoms with Gasteiger partial charge in [0.2, 0.25) is 0 Å². The van der Waals surface area contributed by atoms with Crippen molar-refractivity contribution in [3.05, 3.63) is 105 Å². The number of carbonyl (C=O) groups is 1. The Bertz CT molecular complexity index is 1460. The minimum atomic E-state index is -0.632. The second kappa shape index (κ2) is 10.8. The fourth-order valence-corrected chi connectivity index (χ4v) is 4.32. The second-order valence-electron chi connectivity index (χ2n) is 8.90. The molecule has 4 rings (SSSR count). The first-order chi connectivity index (χ1) is 17.3. The Morgan fingerprint density at radius 1 is 1.06 bits per heavy atom. The molecule has 1 atom stereocenters. The van der Waals surface area contributed by atoms with E-state index < -0.39 is 17.8 Å². The van der Waals surface area contributed by atoms with Crippen LogP contribution in [0.5, 0.6) is 0 Å². The van der Waals surface area contributed by atoms with Crippen molar-refractivity contribution in [2.45, 2.75) is 33.2 Å². The molecule has 0 spiro atoms. The average molecular weight is 488 g/mol. The van der Waals surface area contributed by atoms with Crippen LogP contribution in [0.15, 0.2) is 71.5 Å². The molecule has 6 nitrogen and oxygen atoms in total. The van der Waals surface area contributed by atoms with E-state index in [4.69, 9.17) is 9.72 Å². The number of rotatable bonds is 8. The molecular weight excluding hydrogens is 457 g/mol. The number of nitrogens with zero attached hydrogens (tertiary/aromatic N) is 3. The van der Waals surface area contributed by atoms with Crippen molar-refractivity contribution in [1.29, 1.82) is 0 Å². The molecule has 7 heteroatoms. The van der Waals surface area contributed by atoms with Crippen LogP contribution in [0.25, 0.3) is 16.6 Å².